The molecule has 0 radical (unpaired) electrons. The van der Waals surface area contributed by atoms with Crippen LogP contribution in [0.2, 0.25) is 0 Å². The van der Waals surface area contributed by atoms with Crippen molar-refractivity contribution in [1.82, 2.24) is 4.90 Å². The molecule has 0 aliphatic carbocycles. The molecule has 2 aromatic rings. The third kappa shape index (κ3) is 6.39. The van der Waals surface area contributed by atoms with Gasteiger partial charge in [0.15, 0.2) is 0 Å². The summed E-state index contributed by atoms with van der Waals surface area (Å²) in [5.74, 6) is 1.07. The van der Waals surface area contributed by atoms with Crippen molar-refractivity contribution in [2.24, 2.45) is 10.7 Å². The third-order valence-corrected chi connectivity index (χ3v) is 5.61. The van der Waals surface area contributed by atoms with Gasteiger partial charge in [-0.15, -0.1) is 0 Å². The van der Waals surface area contributed by atoms with Crippen LogP contribution in [-0.2, 0) is 0 Å². The van der Waals surface area contributed by atoms with Crippen LogP contribution in [0.25, 0.3) is 6.08 Å². The van der Waals surface area contributed by atoms with Gasteiger partial charge in [-0.1, -0.05) is 42.0 Å². The van der Waals surface area contributed by atoms with Gasteiger partial charge in [0.05, 0.1) is 23.3 Å². The Morgan fingerprint density at radius 1 is 1.27 bits per heavy atom. The molecular weight excluding hydrogens is 420 g/mol. The first-order chi connectivity index (χ1) is 15.7. The number of rotatable bonds is 7. The van der Waals surface area contributed by atoms with Gasteiger partial charge in [-0.2, -0.15) is 0 Å². The number of nitrogens with two attached hydrogens (primary N) is 1. The molecule has 0 amide bonds. The topological polar surface area (TPSA) is 132 Å². The predicted molar refractivity (Wildman–Crippen MR) is 131 cm³/mol. The van der Waals surface area contributed by atoms with Crippen LogP contribution in [0.1, 0.15) is 37.8 Å². The summed E-state index contributed by atoms with van der Waals surface area (Å²) in [6, 6.07) is 13.9. The Labute approximate surface area is 193 Å². The van der Waals surface area contributed by atoms with E-state index in [2.05, 4.69) is 0 Å². The average Bonchev–Trinajstić information content (AvgIpc) is 2.79. The van der Waals surface area contributed by atoms with Crippen molar-refractivity contribution in [1.29, 1.82) is 5.41 Å². The maximum atomic E-state index is 11.2. The van der Waals surface area contributed by atoms with Gasteiger partial charge >= 0.3 is 0 Å². The first-order valence-electron chi connectivity index (χ1n) is 10.9. The molecule has 1 heterocycles. The second kappa shape index (κ2) is 10.7. The molecule has 4 N–H and O–H groups in total. The van der Waals surface area contributed by atoms with Crippen molar-refractivity contribution in [2.45, 2.75) is 32.7 Å². The van der Waals surface area contributed by atoms with Crippen molar-refractivity contribution in [2.75, 3.05) is 24.7 Å². The highest BCUT2D eigenvalue weighted by Crippen LogP contribution is 2.27. The van der Waals surface area contributed by atoms with E-state index in [1.165, 1.54) is 12.1 Å². The smallest absolute Gasteiger partial charge is 0.294 e. The van der Waals surface area contributed by atoms with E-state index in [-0.39, 0.29) is 24.0 Å². The summed E-state index contributed by atoms with van der Waals surface area (Å²) in [5, 5.41) is 30.2. The number of piperidine rings is 1. The number of aliphatic imine (C=N–C) groups is 1. The molecule has 9 heteroatoms. The number of hydrogen-bond acceptors (Lipinski definition) is 6. The second-order valence-electron chi connectivity index (χ2n) is 8.24. The molecule has 9 nitrogen and oxygen atoms in total. The molecule has 174 valence electrons. The lowest BCUT2D eigenvalue weighted by Gasteiger charge is -2.31. The maximum Gasteiger partial charge on any atom is 0.294 e. The Bertz CT molecular complexity index is 1070. The standard InChI is InChI=1S/C24H30N6O3/c1-17(16-29(31)22-8-3-4-9-23(22)30(32)33)14-19-6-5-7-20(15-19)24(26)27-21-10-12-28(13-11-21)18(2)25/h3-9,14-15,21,25,31H,10-13,16H2,1-2H3,(H2,26,27)/b17-14+,25-18?. The van der Waals surface area contributed by atoms with Gasteiger partial charge < -0.3 is 10.6 Å². The summed E-state index contributed by atoms with van der Waals surface area (Å²) in [7, 11) is 0. The van der Waals surface area contributed by atoms with E-state index in [0.717, 1.165) is 47.7 Å². The zero-order chi connectivity index (χ0) is 24.0. The summed E-state index contributed by atoms with van der Waals surface area (Å²) in [4.78, 5) is 17.4. The molecule has 1 aliphatic heterocycles. The molecule has 1 aliphatic rings. The first kappa shape index (κ1) is 23.9. The predicted octanol–water partition coefficient (Wildman–Crippen LogP) is 4.06. The number of likely N-dealkylation sites (tertiary alicyclic amines) is 1. The van der Waals surface area contributed by atoms with Gasteiger partial charge in [0.25, 0.3) is 5.69 Å². The minimum Gasteiger partial charge on any atom is -0.383 e. The molecule has 1 fully saturated rings. The lowest BCUT2D eigenvalue weighted by molar-refractivity contribution is -0.384. The summed E-state index contributed by atoms with van der Waals surface area (Å²) < 4.78 is 0. The van der Waals surface area contributed by atoms with Gasteiger partial charge in [0.2, 0.25) is 0 Å². The number of nitro benzene ring substituents is 1. The Morgan fingerprint density at radius 3 is 2.64 bits per heavy atom. The maximum absolute atomic E-state index is 11.2. The number of nitrogens with zero attached hydrogens (tertiary/aromatic N) is 4. The average molecular weight is 451 g/mol. The Morgan fingerprint density at radius 2 is 1.97 bits per heavy atom. The molecular formula is C24H30N6O3. The highest BCUT2D eigenvalue weighted by Gasteiger charge is 2.19. The lowest BCUT2D eigenvalue weighted by Crippen LogP contribution is -2.38. The van der Waals surface area contributed by atoms with Crippen molar-refractivity contribution in [3.63, 3.8) is 0 Å². The molecule has 0 saturated carbocycles. The van der Waals surface area contributed by atoms with Crippen molar-refractivity contribution >= 4 is 29.1 Å². The first-order valence-corrected chi connectivity index (χ1v) is 10.9. The Balaban J connectivity index is 1.69. The SMILES string of the molecule is CC(=N)N1CCC(N=C(N)c2cccc(/C=C(\C)CN(O)c3ccccc3[N+](=O)[O-])c2)CC1. The number of amidine groups is 2. The van der Waals surface area contributed by atoms with E-state index in [9.17, 15) is 15.3 Å². The number of para-hydroxylation sites is 2. The van der Waals surface area contributed by atoms with Gasteiger partial charge in [0, 0.05) is 24.7 Å². The van der Waals surface area contributed by atoms with E-state index in [1.807, 2.05) is 42.2 Å². The van der Waals surface area contributed by atoms with Crippen LogP contribution >= 0.6 is 0 Å². The van der Waals surface area contributed by atoms with E-state index in [1.54, 1.807) is 19.1 Å². The molecule has 1 saturated heterocycles. The molecule has 0 unspecified atom stereocenters. The minimum absolute atomic E-state index is 0.115. The Kier molecular flexibility index (Phi) is 7.78. The van der Waals surface area contributed by atoms with E-state index in [4.69, 9.17) is 16.1 Å². The fourth-order valence-corrected chi connectivity index (χ4v) is 3.88. The number of benzene rings is 2. The molecule has 0 aromatic heterocycles. The third-order valence-electron chi connectivity index (χ3n) is 5.61. The monoisotopic (exact) mass is 450 g/mol. The zero-order valence-electron chi connectivity index (χ0n) is 18.9. The zero-order valence-corrected chi connectivity index (χ0v) is 18.9. The van der Waals surface area contributed by atoms with Gasteiger partial charge in [-0.25, -0.2) is 5.06 Å². The van der Waals surface area contributed by atoms with E-state index in [0.29, 0.717) is 11.7 Å². The number of hydroxylamine groups is 1. The van der Waals surface area contributed by atoms with Crippen molar-refractivity contribution in [3.05, 3.63) is 75.3 Å². The summed E-state index contributed by atoms with van der Waals surface area (Å²) >= 11 is 0. The van der Waals surface area contributed by atoms with Gasteiger partial charge in [-0.05, 0) is 44.4 Å². The molecule has 2 aromatic carbocycles. The largest absolute Gasteiger partial charge is 0.383 e. The summed E-state index contributed by atoms with van der Waals surface area (Å²) in [6.07, 6.45) is 3.64. The van der Waals surface area contributed by atoms with Crippen LogP contribution in [0.3, 0.4) is 0 Å². The van der Waals surface area contributed by atoms with Crippen molar-refractivity contribution < 1.29 is 10.1 Å². The van der Waals surface area contributed by atoms with Crippen LogP contribution in [0.5, 0.6) is 0 Å². The highest BCUT2D eigenvalue weighted by atomic mass is 16.6. The van der Waals surface area contributed by atoms with Crippen LogP contribution in [-0.4, -0.2) is 52.4 Å². The highest BCUT2D eigenvalue weighted by molar-refractivity contribution is 5.98. The van der Waals surface area contributed by atoms with Crippen molar-refractivity contribution in [3.8, 4) is 0 Å². The van der Waals surface area contributed by atoms with Gasteiger partial charge in [0.1, 0.15) is 11.5 Å². The lowest BCUT2D eigenvalue weighted by atomic mass is 10.0. The number of nitro groups is 1. The number of anilines is 1. The van der Waals surface area contributed by atoms with Crippen LogP contribution in [0, 0.1) is 15.5 Å². The normalized spacial score (nSPS) is 15.4. The quantitative estimate of drug-likeness (QED) is 0.252. The van der Waals surface area contributed by atoms with Crippen LogP contribution < -0.4 is 10.8 Å². The van der Waals surface area contributed by atoms with Crippen LogP contribution in [0.4, 0.5) is 11.4 Å². The molecule has 0 atom stereocenters. The molecule has 0 bridgehead atoms. The Hall–Kier alpha value is -3.72. The molecule has 0 spiro atoms. The molecule has 33 heavy (non-hydrogen) atoms. The van der Waals surface area contributed by atoms with E-state index >= 15 is 0 Å². The number of nitrogens with one attached hydrogen (secondary N) is 1. The summed E-state index contributed by atoms with van der Waals surface area (Å²) in [5.41, 5.74) is 8.81. The fourth-order valence-electron chi connectivity index (χ4n) is 3.88. The second-order valence-corrected chi connectivity index (χ2v) is 8.24. The van der Waals surface area contributed by atoms with Gasteiger partial charge in [-0.3, -0.25) is 25.7 Å². The number of hydrogen-bond donors (Lipinski definition) is 3. The minimum atomic E-state index is -0.515. The van der Waals surface area contributed by atoms with E-state index < -0.39 is 4.92 Å². The van der Waals surface area contributed by atoms with Crippen LogP contribution in [0.15, 0.2) is 59.1 Å². The molecule has 3 rings (SSSR count). The fraction of sp³-hybridized carbons (Fsp3) is 0.333. The summed E-state index contributed by atoms with van der Waals surface area (Å²) in [6.45, 7) is 5.40.